The van der Waals surface area contributed by atoms with Crippen molar-refractivity contribution >= 4 is 6.21 Å². The lowest BCUT2D eigenvalue weighted by Gasteiger charge is -2.19. The van der Waals surface area contributed by atoms with Crippen LogP contribution < -0.4 is 5.32 Å². The monoisotopic (exact) mass is 160 g/mol. The van der Waals surface area contributed by atoms with Crippen molar-refractivity contribution in [3.05, 3.63) is 36.1 Å². The van der Waals surface area contributed by atoms with Crippen LogP contribution in [0.5, 0.6) is 0 Å². The third kappa shape index (κ3) is 1.47. The SMILES string of the molecule is C1=CCC(C2=CC=NCN2)C=C1. The van der Waals surface area contributed by atoms with E-state index in [1.165, 1.54) is 5.70 Å². The Morgan fingerprint density at radius 3 is 3.08 bits per heavy atom. The highest BCUT2D eigenvalue weighted by molar-refractivity contribution is 5.73. The molecule has 1 atom stereocenters. The molecule has 0 saturated carbocycles. The number of allylic oxidation sites excluding steroid dienone is 5. The van der Waals surface area contributed by atoms with Crippen LogP contribution in [-0.2, 0) is 0 Å². The first-order valence-corrected chi connectivity index (χ1v) is 4.24. The first kappa shape index (κ1) is 7.35. The molecule has 1 heterocycles. The third-order valence-corrected chi connectivity index (χ3v) is 2.11. The average molecular weight is 160 g/mol. The summed E-state index contributed by atoms with van der Waals surface area (Å²) in [5.41, 5.74) is 1.28. The molecule has 1 aliphatic heterocycles. The van der Waals surface area contributed by atoms with E-state index in [9.17, 15) is 0 Å². The first-order valence-electron chi connectivity index (χ1n) is 4.24. The van der Waals surface area contributed by atoms with Crippen LogP contribution in [0.4, 0.5) is 0 Å². The molecule has 0 amide bonds. The molecule has 2 heteroatoms. The highest BCUT2D eigenvalue weighted by atomic mass is 15.0. The van der Waals surface area contributed by atoms with Crippen LogP contribution in [0.1, 0.15) is 6.42 Å². The standard InChI is InChI=1S/C10H12N2/c1-2-4-9(5-3-1)10-6-7-11-8-12-10/h1-4,6-7,9,12H,5,8H2. The maximum absolute atomic E-state index is 4.07. The Labute approximate surface area is 72.4 Å². The lowest BCUT2D eigenvalue weighted by molar-refractivity contribution is 0.661. The zero-order valence-corrected chi connectivity index (χ0v) is 6.90. The lowest BCUT2D eigenvalue weighted by Crippen LogP contribution is -2.22. The molecule has 12 heavy (non-hydrogen) atoms. The minimum absolute atomic E-state index is 0.529. The minimum Gasteiger partial charge on any atom is -0.369 e. The van der Waals surface area contributed by atoms with Gasteiger partial charge in [-0.15, -0.1) is 0 Å². The van der Waals surface area contributed by atoms with Crippen molar-refractivity contribution in [2.24, 2.45) is 10.9 Å². The van der Waals surface area contributed by atoms with E-state index >= 15 is 0 Å². The quantitative estimate of drug-likeness (QED) is 0.619. The van der Waals surface area contributed by atoms with E-state index < -0.39 is 0 Å². The van der Waals surface area contributed by atoms with Crippen LogP contribution in [0.3, 0.4) is 0 Å². The summed E-state index contributed by atoms with van der Waals surface area (Å²) >= 11 is 0. The van der Waals surface area contributed by atoms with Gasteiger partial charge in [0.25, 0.3) is 0 Å². The molecule has 1 aliphatic carbocycles. The van der Waals surface area contributed by atoms with E-state index in [1.54, 1.807) is 0 Å². The van der Waals surface area contributed by atoms with Gasteiger partial charge in [-0.3, -0.25) is 4.99 Å². The normalized spacial score (nSPS) is 26.7. The molecule has 0 aromatic rings. The van der Waals surface area contributed by atoms with Crippen LogP contribution in [-0.4, -0.2) is 12.9 Å². The molecule has 0 radical (unpaired) electrons. The van der Waals surface area contributed by atoms with E-state index in [4.69, 9.17) is 0 Å². The molecular formula is C10H12N2. The van der Waals surface area contributed by atoms with Crippen molar-refractivity contribution < 1.29 is 0 Å². The first-order chi connectivity index (χ1) is 5.97. The molecule has 0 fully saturated rings. The number of hydrogen-bond acceptors (Lipinski definition) is 2. The van der Waals surface area contributed by atoms with Crippen molar-refractivity contribution in [3.8, 4) is 0 Å². The highest BCUT2D eigenvalue weighted by Crippen LogP contribution is 2.18. The number of nitrogens with one attached hydrogen (secondary N) is 1. The molecule has 2 rings (SSSR count). The van der Waals surface area contributed by atoms with Crippen molar-refractivity contribution in [3.63, 3.8) is 0 Å². The van der Waals surface area contributed by atoms with Gasteiger partial charge in [0.05, 0.1) is 0 Å². The lowest BCUT2D eigenvalue weighted by atomic mass is 9.97. The van der Waals surface area contributed by atoms with Crippen LogP contribution in [0, 0.1) is 5.92 Å². The van der Waals surface area contributed by atoms with Gasteiger partial charge in [-0.05, 0) is 12.5 Å². The van der Waals surface area contributed by atoms with Gasteiger partial charge < -0.3 is 5.32 Å². The van der Waals surface area contributed by atoms with Gasteiger partial charge in [0.15, 0.2) is 0 Å². The summed E-state index contributed by atoms with van der Waals surface area (Å²) in [5, 5.41) is 3.27. The number of nitrogens with zero attached hydrogens (tertiary/aromatic N) is 1. The van der Waals surface area contributed by atoms with Crippen molar-refractivity contribution in [2.45, 2.75) is 6.42 Å². The van der Waals surface area contributed by atoms with Crippen LogP contribution in [0.2, 0.25) is 0 Å². The van der Waals surface area contributed by atoms with Gasteiger partial charge in [-0.1, -0.05) is 24.3 Å². The molecule has 62 valence electrons. The van der Waals surface area contributed by atoms with Gasteiger partial charge >= 0.3 is 0 Å². The summed E-state index contributed by atoms with van der Waals surface area (Å²) in [7, 11) is 0. The summed E-state index contributed by atoms with van der Waals surface area (Å²) in [6.45, 7) is 0.722. The van der Waals surface area contributed by atoms with E-state index in [1.807, 2.05) is 6.21 Å². The zero-order valence-electron chi connectivity index (χ0n) is 6.90. The Morgan fingerprint density at radius 1 is 1.42 bits per heavy atom. The Balaban J connectivity index is 2.09. The predicted octanol–water partition coefficient (Wildman–Crippen LogP) is 1.63. The number of hydrogen-bond donors (Lipinski definition) is 1. The average Bonchev–Trinajstić information content (AvgIpc) is 2.21. The third-order valence-electron chi connectivity index (χ3n) is 2.11. The fourth-order valence-corrected chi connectivity index (χ4v) is 1.45. The minimum atomic E-state index is 0.529. The van der Waals surface area contributed by atoms with E-state index in [0.29, 0.717) is 5.92 Å². The fraction of sp³-hybridized carbons (Fsp3) is 0.300. The fourth-order valence-electron chi connectivity index (χ4n) is 1.45. The molecule has 1 N–H and O–H groups in total. The maximum atomic E-state index is 4.07. The summed E-state index contributed by atoms with van der Waals surface area (Å²) < 4.78 is 0. The van der Waals surface area contributed by atoms with Gasteiger partial charge in [-0.25, -0.2) is 0 Å². The molecule has 1 unspecified atom stereocenters. The van der Waals surface area contributed by atoms with Gasteiger partial charge in [0.1, 0.15) is 6.67 Å². The summed E-state index contributed by atoms with van der Waals surface area (Å²) in [6, 6.07) is 0. The summed E-state index contributed by atoms with van der Waals surface area (Å²) in [5.74, 6) is 0.529. The van der Waals surface area contributed by atoms with Gasteiger partial charge in [0.2, 0.25) is 0 Å². The smallest absolute Gasteiger partial charge is 0.107 e. The van der Waals surface area contributed by atoms with Crippen molar-refractivity contribution in [2.75, 3.05) is 6.67 Å². The maximum Gasteiger partial charge on any atom is 0.107 e. The van der Waals surface area contributed by atoms with Crippen LogP contribution in [0.25, 0.3) is 0 Å². The molecule has 2 nitrogen and oxygen atoms in total. The van der Waals surface area contributed by atoms with E-state index in [2.05, 4.69) is 40.7 Å². The second kappa shape index (κ2) is 3.39. The molecular weight excluding hydrogens is 148 g/mol. The van der Waals surface area contributed by atoms with Crippen LogP contribution in [0.15, 0.2) is 41.1 Å². The largest absolute Gasteiger partial charge is 0.369 e. The highest BCUT2D eigenvalue weighted by Gasteiger charge is 2.11. The topological polar surface area (TPSA) is 24.4 Å². The summed E-state index contributed by atoms with van der Waals surface area (Å²) in [6.07, 6.45) is 13.6. The molecule has 0 spiro atoms. The Bertz CT molecular complexity index is 272. The molecule has 2 aliphatic rings. The second-order valence-electron chi connectivity index (χ2n) is 2.94. The van der Waals surface area contributed by atoms with Crippen LogP contribution >= 0.6 is 0 Å². The van der Waals surface area contributed by atoms with Gasteiger partial charge in [0, 0.05) is 17.8 Å². The molecule has 0 aromatic carbocycles. The zero-order chi connectivity index (χ0) is 8.23. The number of aliphatic imine (C=N–C) groups is 1. The Kier molecular flexibility index (Phi) is 2.08. The molecule has 0 aromatic heterocycles. The Morgan fingerprint density at radius 2 is 2.42 bits per heavy atom. The predicted molar refractivity (Wildman–Crippen MR) is 51.0 cm³/mol. The Hall–Kier alpha value is -1.31. The molecule has 0 saturated heterocycles. The number of rotatable bonds is 1. The summed E-state index contributed by atoms with van der Waals surface area (Å²) in [4.78, 5) is 4.07. The molecule has 0 bridgehead atoms. The van der Waals surface area contributed by atoms with Gasteiger partial charge in [-0.2, -0.15) is 0 Å². The van der Waals surface area contributed by atoms with Crippen molar-refractivity contribution in [1.29, 1.82) is 0 Å². The second-order valence-corrected chi connectivity index (χ2v) is 2.94. The van der Waals surface area contributed by atoms with E-state index in [-0.39, 0.29) is 0 Å². The van der Waals surface area contributed by atoms with Crippen molar-refractivity contribution in [1.82, 2.24) is 5.32 Å². The van der Waals surface area contributed by atoms with E-state index in [0.717, 1.165) is 13.1 Å².